The molecular formula is C14H20ClN3O2. The standard InChI is InChI=1S/C14H20ClN3O2/c1-18(8-10-4-3-7-20-9-10)12-6-2-5-11(15)13(12)14(16)17-19/h2,5-6,10,19H,3-4,7-9H2,1H3,(H2,16,17). The number of ether oxygens (including phenoxy) is 1. The molecule has 1 aliphatic rings. The number of hydrogen-bond acceptors (Lipinski definition) is 4. The Kier molecular flexibility index (Phi) is 5.09. The van der Waals surface area contributed by atoms with Crippen LogP contribution in [0.25, 0.3) is 0 Å². The summed E-state index contributed by atoms with van der Waals surface area (Å²) in [5.74, 6) is 0.519. The molecule has 1 unspecified atom stereocenters. The summed E-state index contributed by atoms with van der Waals surface area (Å²) in [7, 11) is 1.98. The molecule has 5 nitrogen and oxygen atoms in total. The lowest BCUT2D eigenvalue weighted by Gasteiger charge is -2.29. The van der Waals surface area contributed by atoms with E-state index in [0.29, 0.717) is 16.5 Å². The van der Waals surface area contributed by atoms with E-state index in [4.69, 9.17) is 27.3 Å². The van der Waals surface area contributed by atoms with Crippen molar-refractivity contribution in [2.45, 2.75) is 12.8 Å². The third-order valence-electron chi connectivity index (χ3n) is 3.55. The number of oxime groups is 1. The monoisotopic (exact) mass is 297 g/mol. The quantitative estimate of drug-likeness (QED) is 0.387. The summed E-state index contributed by atoms with van der Waals surface area (Å²) in [6.45, 7) is 2.49. The first-order valence-corrected chi connectivity index (χ1v) is 7.06. The molecule has 0 aromatic heterocycles. The van der Waals surface area contributed by atoms with Gasteiger partial charge in [-0.25, -0.2) is 0 Å². The van der Waals surface area contributed by atoms with E-state index in [0.717, 1.165) is 38.3 Å². The zero-order chi connectivity index (χ0) is 14.5. The van der Waals surface area contributed by atoms with Crippen molar-refractivity contribution in [3.05, 3.63) is 28.8 Å². The fourth-order valence-electron chi connectivity index (χ4n) is 2.57. The molecular weight excluding hydrogens is 278 g/mol. The zero-order valence-corrected chi connectivity index (χ0v) is 12.3. The average Bonchev–Trinajstić information content (AvgIpc) is 2.47. The first-order valence-electron chi connectivity index (χ1n) is 6.68. The van der Waals surface area contributed by atoms with Crippen molar-refractivity contribution in [1.82, 2.24) is 0 Å². The number of rotatable bonds is 4. The van der Waals surface area contributed by atoms with E-state index >= 15 is 0 Å². The molecule has 0 spiro atoms. The van der Waals surface area contributed by atoms with Crippen LogP contribution in [-0.4, -0.2) is 37.8 Å². The average molecular weight is 298 g/mol. The molecule has 0 radical (unpaired) electrons. The summed E-state index contributed by atoms with van der Waals surface area (Å²) in [4.78, 5) is 2.08. The van der Waals surface area contributed by atoms with Crippen LogP contribution in [0.3, 0.4) is 0 Å². The fraction of sp³-hybridized carbons (Fsp3) is 0.500. The van der Waals surface area contributed by atoms with Crippen LogP contribution in [0.15, 0.2) is 23.4 Å². The number of benzene rings is 1. The first-order chi connectivity index (χ1) is 9.63. The van der Waals surface area contributed by atoms with Gasteiger partial charge in [0.1, 0.15) is 0 Å². The molecule has 0 amide bonds. The molecule has 2 rings (SSSR count). The molecule has 1 aliphatic heterocycles. The van der Waals surface area contributed by atoms with Gasteiger partial charge in [0.25, 0.3) is 0 Å². The van der Waals surface area contributed by atoms with Crippen molar-refractivity contribution < 1.29 is 9.94 Å². The van der Waals surface area contributed by atoms with Gasteiger partial charge in [0, 0.05) is 25.9 Å². The Morgan fingerprint density at radius 3 is 3.05 bits per heavy atom. The molecule has 1 aromatic rings. The van der Waals surface area contributed by atoms with E-state index in [2.05, 4.69) is 10.1 Å². The zero-order valence-electron chi connectivity index (χ0n) is 11.6. The fourth-order valence-corrected chi connectivity index (χ4v) is 2.84. The lowest BCUT2D eigenvalue weighted by Crippen LogP contribution is -2.32. The minimum absolute atomic E-state index is 0.0253. The highest BCUT2D eigenvalue weighted by atomic mass is 35.5. The Hall–Kier alpha value is -1.46. The summed E-state index contributed by atoms with van der Waals surface area (Å²) in [5, 5.41) is 12.5. The lowest BCUT2D eigenvalue weighted by molar-refractivity contribution is 0.0576. The maximum absolute atomic E-state index is 8.91. The van der Waals surface area contributed by atoms with Gasteiger partial charge in [-0.3, -0.25) is 0 Å². The predicted molar refractivity (Wildman–Crippen MR) is 80.8 cm³/mol. The van der Waals surface area contributed by atoms with E-state index in [1.165, 1.54) is 0 Å². The van der Waals surface area contributed by atoms with Gasteiger partial charge in [-0.15, -0.1) is 0 Å². The summed E-state index contributed by atoms with van der Waals surface area (Å²) >= 11 is 6.17. The molecule has 3 N–H and O–H groups in total. The van der Waals surface area contributed by atoms with Crippen LogP contribution in [-0.2, 0) is 4.74 Å². The van der Waals surface area contributed by atoms with Crippen LogP contribution in [0.4, 0.5) is 5.69 Å². The first kappa shape index (κ1) is 14.9. The maximum atomic E-state index is 8.91. The number of amidine groups is 1. The molecule has 20 heavy (non-hydrogen) atoms. The van der Waals surface area contributed by atoms with Gasteiger partial charge in [0.2, 0.25) is 0 Å². The van der Waals surface area contributed by atoms with Gasteiger partial charge in [0.15, 0.2) is 5.84 Å². The van der Waals surface area contributed by atoms with E-state index in [1.807, 2.05) is 19.2 Å². The Labute approximate surface area is 124 Å². The highest BCUT2D eigenvalue weighted by Gasteiger charge is 2.19. The largest absolute Gasteiger partial charge is 0.409 e. The second-order valence-corrected chi connectivity index (χ2v) is 5.49. The molecule has 1 fully saturated rings. The number of nitrogens with two attached hydrogens (primary N) is 1. The minimum atomic E-state index is 0.0253. The number of nitrogens with zero attached hydrogens (tertiary/aromatic N) is 2. The molecule has 1 heterocycles. The summed E-state index contributed by atoms with van der Waals surface area (Å²) < 4.78 is 5.50. The van der Waals surface area contributed by atoms with Crippen molar-refractivity contribution in [1.29, 1.82) is 0 Å². The maximum Gasteiger partial charge on any atom is 0.173 e. The van der Waals surface area contributed by atoms with Crippen LogP contribution in [0.1, 0.15) is 18.4 Å². The van der Waals surface area contributed by atoms with Crippen LogP contribution in [0.2, 0.25) is 5.02 Å². The van der Waals surface area contributed by atoms with Crippen molar-refractivity contribution in [3.8, 4) is 0 Å². The van der Waals surface area contributed by atoms with Gasteiger partial charge >= 0.3 is 0 Å². The minimum Gasteiger partial charge on any atom is -0.409 e. The van der Waals surface area contributed by atoms with Crippen molar-refractivity contribution in [2.75, 3.05) is 31.7 Å². The molecule has 1 aromatic carbocycles. The van der Waals surface area contributed by atoms with E-state index in [1.54, 1.807) is 6.07 Å². The normalized spacial score (nSPS) is 19.9. The second kappa shape index (κ2) is 6.81. The number of anilines is 1. The van der Waals surface area contributed by atoms with Crippen LogP contribution in [0, 0.1) is 5.92 Å². The number of hydrogen-bond donors (Lipinski definition) is 2. The number of halogens is 1. The molecule has 1 saturated heterocycles. The third kappa shape index (κ3) is 3.35. The van der Waals surface area contributed by atoms with Gasteiger partial charge in [0.05, 0.1) is 17.2 Å². The lowest BCUT2D eigenvalue weighted by atomic mass is 10.0. The third-order valence-corrected chi connectivity index (χ3v) is 3.87. The molecule has 6 heteroatoms. The summed E-state index contributed by atoms with van der Waals surface area (Å²) in [6.07, 6.45) is 2.25. The van der Waals surface area contributed by atoms with Crippen LogP contribution >= 0.6 is 11.6 Å². The van der Waals surface area contributed by atoms with E-state index in [-0.39, 0.29) is 5.84 Å². The van der Waals surface area contributed by atoms with Gasteiger partial charge in [-0.1, -0.05) is 22.8 Å². The van der Waals surface area contributed by atoms with Gasteiger partial charge in [-0.2, -0.15) is 0 Å². The Morgan fingerprint density at radius 1 is 1.60 bits per heavy atom. The van der Waals surface area contributed by atoms with Crippen molar-refractivity contribution >= 4 is 23.1 Å². The van der Waals surface area contributed by atoms with Crippen molar-refractivity contribution in [3.63, 3.8) is 0 Å². The second-order valence-electron chi connectivity index (χ2n) is 5.08. The van der Waals surface area contributed by atoms with Crippen LogP contribution in [0.5, 0.6) is 0 Å². The topological polar surface area (TPSA) is 71.1 Å². The molecule has 110 valence electrons. The molecule has 0 aliphatic carbocycles. The van der Waals surface area contributed by atoms with Crippen molar-refractivity contribution in [2.24, 2.45) is 16.8 Å². The predicted octanol–water partition coefficient (Wildman–Crippen LogP) is 2.30. The van der Waals surface area contributed by atoms with Gasteiger partial charge in [-0.05, 0) is 30.9 Å². The highest BCUT2D eigenvalue weighted by molar-refractivity contribution is 6.34. The summed E-state index contributed by atoms with van der Waals surface area (Å²) in [6, 6.07) is 5.51. The smallest absolute Gasteiger partial charge is 0.173 e. The summed E-state index contributed by atoms with van der Waals surface area (Å²) in [5.41, 5.74) is 7.16. The van der Waals surface area contributed by atoms with E-state index < -0.39 is 0 Å². The Morgan fingerprint density at radius 2 is 2.40 bits per heavy atom. The highest BCUT2D eigenvalue weighted by Crippen LogP contribution is 2.28. The van der Waals surface area contributed by atoms with Crippen LogP contribution < -0.4 is 10.6 Å². The Balaban J connectivity index is 2.20. The molecule has 0 saturated carbocycles. The van der Waals surface area contributed by atoms with E-state index in [9.17, 15) is 0 Å². The SMILES string of the molecule is CN(CC1CCCOC1)c1cccc(Cl)c1C(N)=NO. The van der Waals surface area contributed by atoms with Gasteiger partial charge < -0.3 is 20.6 Å². The Bertz CT molecular complexity index is 487. The molecule has 1 atom stereocenters. The molecule has 0 bridgehead atoms.